The first-order chi connectivity index (χ1) is 8.94. The summed E-state index contributed by atoms with van der Waals surface area (Å²) < 4.78 is 5.74. The highest BCUT2D eigenvalue weighted by Crippen LogP contribution is 2.39. The maximum absolute atomic E-state index is 12.1. The van der Waals surface area contributed by atoms with Crippen molar-refractivity contribution in [2.75, 3.05) is 19.6 Å². The summed E-state index contributed by atoms with van der Waals surface area (Å²) in [6.45, 7) is 9.71. The zero-order valence-electron chi connectivity index (χ0n) is 12.8. The maximum atomic E-state index is 12.1. The Morgan fingerprint density at radius 1 is 1.21 bits per heavy atom. The third kappa shape index (κ3) is 4.79. The topological polar surface area (TPSA) is 30.7 Å². The van der Waals surface area contributed by atoms with Crippen LogP contribution in [0.1, 0.15) is 59.3 Å². The zero-order chi connectivity index (χ0) is 13.9. The number of ether oxygens (including phenoxy) is 1. The van der Waals surface area contributed by atoms with E-state index in [1.54, 1.807) is 0 Å². The first-order valence-corrected chi connectivity index (χ1v) is 7.98. The lowest BCUT2D eigenvalue weighted by molar-refractivity contribution is -0.897. The Labute approximate surface area is 117 Å². The number of esters is 1. The van der Waals surface area contributed by atoms with Gasteiger partial charge < -0.3 is 9.64 Å². The van der Waals surface area contributed by atoms with Gasteiger partial charge in [-0.2, -0.15) is 0 Å². The lowest BCUT2D eigenvalue weighted by Gasteiger charge is -2.38. The minimum Gasteiger partial charge on any atom is -0.458 e. The van der Waals surface area contributed by atoms with Crippen molar-refractivity contribution < 1.29 is 14.4 Å². The molecule has 0 radical (unpaired) electrons. The average Bonchev–Trinajstić information content (AvgIpc) is 2.26. The molecule has 1 N–H and O–H groups in total. The van der Waals surface area contributed by atoms with E-state index in [-0.39, 0.29) is 12.1 Å². The predicted octanol–water partition coefficient (Wildman–Crippen LogP) is 1.81. The van der Waals surface area contributed by atoms with Gasteiger partial charge in [0.25, 0.3) is 0 Å². The summed E-state index contributed by atoms with van der Waals surface area (Å²) in [5.41, 5.74) is 0.320. The lowest BCUT2D eigenvalue weighted by atomic mass is 9.71. The second-order valence-corrected chi connectivity index (χ2v) is 7.51. The van der Waals surface area contributed by atoms with E-state index in [1.165, 1.54) is 30.6 Å². The van der Waals surface area contributed by atoms with Gasteiger partial charge in [-0.1, -0.05) is 20.8 Å². The second-order valence-electron chi connectivity index (χ2n) is 7.51. The average molecular weight is 268 g/mol. The van der Waals surface area contributed by atoms with E-state index in [2.05, 4.69) is 20.8 Å². The standard InChI is InChI=1S/C16H29NO2/c1-13-9-14(11-16(2,3)10-13)19-15(18)12-17-7-5-4-6-8-17/h13-14H,4-12H2,1-3H3/p+1/t13-,14+/m1/s1. The summed E-state index contributed by atoms with van der Waals surface area (Å²) in [5.74, 6) is 0.690. The van der Waals surface area contributed by atoms with E-state index in [4.69, 9.17) is 4.74 Å². The van der Waals surface area contributed by atoms with Gasteiger partial charge in [-0.15, -0.1) is 0 Å². The van der Waals surface area contributed by atoms with Crippen LogP contribution in [0, 0.1) is 11.3 Å². The fraction of sp³-hybridized carbons (Fsp3) is 0.938. The predicted molar refractivity (Wildman–Crippen MR) is 76.1 cm³/mol. The smallest absolute Gasteiger partial charge is 0.361 e. The molecule has 0 aromatic heterocycles. The molecular weight excluding hydrogens is 238 g/mol. The number of rotatable bonds is 3. The highest BCUT2D eigenvalue weighted by Gasteiger charge is 2.34. The molecule has 3 nitrogen and oxygen atoms in total. The van der Waals surface area contributed by atoms with Gasteiger partial charge in [-0.3, -0.25) is 0 Å². The van der Waals surface area contributed by atoms with Crippen molar-refractivity contribution in [3.63, 3.8) is 0 Å². The Morgan fingerprint density at radius 2 is 1.89 bits per heavy atom. The number of piperidine rings is 1. The molecule has 0 unspecified atom stereocenters. The Kier molecular flexibility index (Phi) is 4.88. The van der Waals surface area contributed by atoms with Crippen LogP contribution < -0.4 is 4.90 Å². The summed E-state index contributed by atoms with van der Waals surface area (Å²) in [7, 11) is 0. The molecule has 2 fully saturated rings. The molecule has 1 heterocycles. The molecule has 2 atom stereocenters. The molecule has 1 aliphatic heterocycles. The summed E-state index contributed by atoms with van der Waals surface area (Å²) in [4.78, 5) is 13.5. The zero-order valence-corrected chi connectivity index (χ0v) is 12.8. The molecule has 0 bridgehead atoms. The Balaban J connectivity index is 1.78. The number of carbonyl (C=O) groups is 1. The molecule has 3 heteroatoms. The van der Waals surface area contributed by atoms with Gasteiger partial charge in [-0.25, -0.2) is 4.79 Å². The molecule has 0 aromatic rings. The van der Waals surface area contributed by atoms with Gasteiger partial charge in [0.2, 0.25) is 0 Å². The fourth-order valence-electron chi connectivity index (χ4n) is 4.01. The minimum absolute atomic E-state index is 0.0202. The molecule has 1 aliphatic carbocycles. The maximum Gasteiger partial charge on any atom is 0.361 e. The van der Waals surface area contributed by atoms with Crippen LogP contribution in [-0.4, -0.2) is 31.7 Å². The van der Waals surface area contributed by atoms with Crippen LogP contribution in [0.25, 0.3) is 0 Å². The Morgan fingerprint density at radius 3 is 2.53 bits per heavy atom. The van der Waals surface area contributed by atoms with E-state index < -0.39 is 0 Å². The highest BCUT2D eigenvalue weighted by molar-refractivity contribution is 5.70. The van der Waals surface area contributed by atoms with Crippen LogP contribution in [0.5, 0.6) is 0 Å². The molecule has 2 aliphatic rings. The van der Waals surface area contributed by atoms with E-state index in [0.29, 0.717) is 17.9 Å². The lowest BCUT2D eigenvalue weighted by Crippen LogP contribution is -3.13. The summed E-state index contributed by atoms with van der Waals surface area (Å²) >= 11 is 0. The normalized spacial score (nSPS) is 31.9. The minimum atomic E-state index is 0.0202. The molecule has 0 spiro atoms. The Hall–Kier alpha value is -0.570. The first kappa shape index (κ1) is 14.8. The fourth-order valence-corrected chi connectivity index (χ4v) is 4.01. The summed E-state index contributed by atoms with van der Waals surface area (Å²) in [6, 6.07) is 0. The van der Waals surface area contributed by atoms with Gasteiger partial charge in [-0.05, 0) is 49.9 Å². The van der Waals surface area contributed by atoms with Gasteiger partial charge >= 0.3 is 5.97 Å². The van der Waals surface area contributed by atoms with E-state index in [9.17, 15) is 4.79 Å². The Bertz CT molecular complexity index is 308. The monoisotopic (exact) mass is 268 g/mol. The van der Waals surface area contributed by atoms with Crippen LogP contribution in [0.15, 0.2) is 0 Å². The van der Waals surface area contributed by atoms with E-state index >= 15 is 0 Å². The van der Waals surface area contributed by atoms with Gasteiger partial charge in [0, 0.05) is 0 Å². The molecule has 1 saturated heterocycles. The molecule has 0 aromatic carbocycles. The van der Waals surface area contributed by atoms with Gasteiger partial charge in [0.05, 0.1) is 13.1 Å². The molecule has 0 amide bonds. The van der Waals surface area contributed by atoms with Crippen molar-refractivity contribution in [2.24, 2.45) is 11.3 Å². The van der Waals surface area contributed by atoms with Crippen molar-refractivity contribution in [3.05, 3.63) is 0 Å². The van der Waals surface area contributed by atoms with Crippen molar-refractivity contribution in [3.8, 4) is 0 Å². The largest absolute Gasteiger partial charge is 0.458 e. The van der Waals surface area contributed by atoms with Gasteiger partial charge in [0.15, 0.2) is 6.54 Å². The van der Waals surface area contributed by atoms with Crippen molar-refractivity contribution in [1.29, 1.82) is 0 Å². The molecule has 19 heavy (non-hydrogen) atoms. The summed E-state index contributed by atoms with van der Waals surface area (Å²) in [6.07, 6.45) is 7.32. The summed E-state index contributed by atoms with van der Waals surface area (Å²) in [5, 5.41) is 0. The molecule has 110 valence electrons. The molecular formula is C16H30NO2+. The quantitative estimate of drug-likeness (QED) is 0.792. The molecule has 1 saturated carbocycles. The third-order valence-electron chi connectivity index (χ3n) is 4.60. The van der Waals surface area contributed by atoms with Gasteiger partial charge in [0.1, 0.15) is 6.10 Å². The number of carbonyl (C=O) groups excluding carboxylic acids is 1. The van der Waals surface area contributed by atoms with Crippen LogP contribution in [-0.2, 0) is 9.53 Å². The highest BCUT2D eigenvalue weighted by atomic mass is 16.5. The van der Waals surface area contributed by atoms with Crippen LogP contribution in [0.2, 0.25) is 0 Å². The van der Waals surface area contributed by atoms with E-state index in [0.717, 1.165) is 25.9 Å². The number of hydrogen-bond acceptors (Lipinski definition) is 2. The second kappa shape index (κ2) is 6.25. The number of hydrogen-bond donors (Lipinski definition) is 1. The van der Waals surface area contributed by atoms with Crippen molar-refractivity contribution in [2.45, 2.75) is 65.4 Å². The van der Waals surface area contributed by atoms with Crippen LogP contribution >= 0.6 is 0 Å². The van der Waals surface area contributed by atoms with Crippen LogP contribution in [0.4, 0.5) is 0 Å². The SMILES string of the molecule is C[C@@H]1C[C@H](OC(=O)C[NH+]2CCCCC2)CC(C)(C)C1. The third-order valence-corrected chi connectivity index (χ3v) is 4.60. The molecule has 2 rings (SSSR count). The number of quaternary nitrogens is 1. The number of nitrogens with one attached hydrogen (secondary N) is 1. The number of likely N-dealkylation sites (tertiary alicyclic amines) is 1. The van der Waals surface area contributed by atoms with Crippen molar-refractivity contribution in [1.82, 2.24) is 0 Å². The van der Waals surface area contributed by atoms with Crippen LogP contribution in [0.3, 0.4) is 0 Å². The van der Waals surface area contributed by atoms with Crippen molar-refractivity contribution >= 4 is 5.97 Å². The first-order valence-electron chi connectivity index (χ1n) is 7.98. The van der Waals surface area contributed by atoms with E-state index in [1.807, 2.05) is 0 Å².